The molecular formula is H12ClMgO9+. The Morgan fingerprint density at radius 1 is 0.545 bits per heavy atom. The third-order valence-corrected chi connectivity index (χ3v) is 0. The molecule has 9 nitrogen and oxygen atoms in total. The van der Waals surface area contributed by atoms with Crippen LogP contribution in [0.25, 0.3) is 0 Å². The largest absolute Gasteiger partial charge is 2.00 e. The molecule has 0 aliphatic heterocycles. The molecule has 0 aromatic rings. The van der Waals surface area contributed by atoms with E-state index in [0.717, 1.165) is 0 Å². The molecule has 0 aromatic carbocycles. The van der Waals surface area contributed by atoms with Gasteiger partial charge in [-0.15, -0.1) is 0 Å². The molecule has 12 N–H and O–H groups in total. The molecule has 0 saturated carbocycles. The van der Waals surface area contributed by atoms with Crippen LogP contribution in [0.3, 0.4) is 0 Å². The maximum absolute atomic E-state index is 8.41. The summed E-state index contributed by atoms with van der Waals surface area (Å²) in [6, 6.07) is 0. The van der Waals surface area contributed by atoms with E-state index in [-0.39, 0.29) is 55.9 Å². The van der Waals surface area contributed by atoms with E-state index in [4.69, 9.17) is 14.0 Å². The van der Waals surface area contributed by atoms with Crippen LogP contribution in [0.1, 0.15) is 0 Å². The first-order valence-corrected chi connectivity index (χ1v) is 1.39. The van der Waals surface area contributed by atoms with E-state index in [1.807, 2.05) is 0 Å². The van der Waals surface area contributed by atoms with Gasteiger partial charge < -0.3 is 46.8 Å². The van der Waals surface area contributed by atoms with Crippen LogP contribution < -0.4 is 14.0 Å². The summed E-state index contributed by atoms with van der Waals surface area (Å²) in [6.07, 6.45) is 0. The first-order valence-electron chi connectivity index (χ1n) is 0.463. The third-order valence-electron chi connectivity index (χ3n) is 0. The SMILES string of the molecule is O.O.O.O.O.O.[Mg+2].[O-][Cl+2]([O-])[O-]. The summed E-state index contributed by atoms with van der Waals surface area (Å²) in [7, 11) is -2.85. The Kier molecular flexibility index (Phi) is 655. The van der Waals surface area contributed by atoms with E-state index in [0.29, 0.717) is 0 Å². The van der Waals surface area contributed by atoms with Gasteiger partial charge in [0.2, 0.25) is 0 Å². The van der Waals surface area contributed by atoms with Crippen LogP contribution in [0, 0.1) is 10.8 Å². The first-order chi connectivity index (χ1) is 1.73. The number of halogens is 1. The Labute approximate surface area is 81.0 Å². The standard InChI is InChI=1S/ClO3.Mg.6H2O/c2-1(3)4;;;;;;;/h;;6*1H2/q-1;+2;;;;;;. The molecule has 0 heterocycles. The molecule has 0 rings (SSSR count). The summed E-state index contributed by atoms with van der Waals surface area (Å²) in [4.78, 5) is 0. The minimum atomic E-state index is -2.85. The monoisotopic (exact) mass is 215 g/mol. The van der Waals surface area contributed by atoms with Crippen LogP contribution in [0.5, 0.6) is 0 Å². The van der Waals surface area contributed by atoms with Gasteiger partial charge in [0, 0.05) is 0 Å². The summed E-state index contributed by atoms with van der Waals surface area (Å²) in [5.74, 6) is 0. The number of hydrogen-bond acceptors (Lipinski definition) is 3. The van der Waals surface area contributed by atoms with Gasteiger partial charge in [-0.3, -0.25) is 0 Å². The minimum absolute atomic E-state index is 0. The summed E-state index contributed by atoms with van der Waals surface area (Å²) >= 11 is 0. The van der Waals surface area contributed by atoms with E-state index in [9.17, 15) is 0 Å². The van der Waals surface area contributed by atoms with Crippen molar-refractivity contribution in [1.82, 2.24) is 0 Å². The van der Waals surface area contributed by atoms with Crippen molar-refractivity contribution in [3.8, 4) is 0 Å². The summed E-state index contributed by atoms with van der Waals surface area (Å²) < 4.78 is 25.2. The van der Waals surface area contributed by atoms with Crippen molar-refractivity contribution in [2.45, 2.75) is 0 Å². The quantitative estimate of drug-likeness (QED) is 0.357. The van der Waals surface area contributed by atoms with Gasteiger partial charge in [0.25, 0.3) is 0 Å². The van der Waals surface area contributed by atoms with Gasteiger partial charge in [0.1, 0.15) is 0 Å². The maximum atomic E-state index is 8.41. The van der Waals surface area contributed by atoms with Gasteiger partial charge in [-0.1, -0.05) is 0 Å². The number of hydrogen-bond donors (Lipinski definition) is 0. The van der Waals surface area contributed by atoms with E-state index in [1.165, 1.54) is 0 Å². The molecule has 0 saturated heterocycles. The Morgan fingerprint density at radius 2 is 0.545 bits per heavy atom. The van der Waals surface area contributed by atoms with Crippen molar-refractivity contribution in [2.75, 3.05) is 0 Å². The molecule has 0 aliphatic carbocycles. The van der Waals surface area contributed by atoms with Crippen molar-refractivity contribution in [1.29, 1.82) is 0 Å². The maximum Gasteiger partial charge on any atom is 2.00 e. The molecule has 0 fully saturated rings. The Bertz CT molecular complexity index is 14.3. The predicted molar refractivity (Wildman–Crippen MR) is 27.4 cm³/mol. The number of rotatable bonds is 0. The zero-order valence-corrected chi connectivity index (χ0v) is 7.48. The minimum Gasteiger partial charge on any atom is -0.412 e. The average molecular weight is 216 g/mol. The van der Waals surface area contributed by atoms with Gasteiger partial charge in [0.05, 0.1) is 10.8 Å². The van der Waals surface area contributed by atoms with Crippen molar-refractivity contribution in [3.63, 3.8) is 0 Å². The van der Waals surface area contributed by atoms with Crippen molar-refractivity contribution in [3.05, 3.63) is 0 Å². The van der Waals surface area contributed by atoms with E-state index >= 15 is 0 Å². The van der Waals surface area contributed by atoms with E-state index in [2.05, 4.69) is 0 Å². The van der Waals surface area contributed by atoms with Gasteiger partial charge in [0.15, 0.2) is 0 Å². The van der Waals surface area contributed by atoms with Gasteiger partial charge in [-0.2, -0.15) is 0 Å². The normalized spacial score (nSPS) is 3.27. The fourth-order valence-corrected chi connectivity index (χ4v) is 0. The molecule has 0 amide bonds. The second kappa shape index (κ2) is 73.6. The molecule has 11 heavy (non-hydrogen) atoms. The second-order valence-corrected chi connectivity index (χ2v) is 0.567. The predicted octanol–water partition coefficient (Wildman–Crippen LogP) is -8.90. The fraction of sp³-hybridized carbons (Fsp3) is 0. The smallest absolute Gasteiger partial charge is 0.412 e. The Hall–Kier alpha value is 0.696. The van der Waals surface area contributed by atoms with Gasteiger partial charge in [-0.25, -0.2) is 0 Å². The summed E-state index contributed by atoms with van der Waals surface area (Å²) in [5.41, 5.74) is 0. The van der Waals surface area contributed by atoms with Crippen LogP contribution >= 0.6 is 0 Å². The zero-order chi connectivity index (χ0) is 3.58. The molecular weight excluding hydrogens is 204 g/mol. The van der Waals surface area contributed by atoms with Crippen LogP contribution in [-0.4, -0.2) is 55.9 Å². The first kappa shape index (κ1) is 97.9. The third kappa shape index (κ3) is 1670. The molecule has 74 valence electrons. The van der Waals surface area contributed by atoms with Crippen molar-refractivity contribution < 1.29 is 57.6 Å². The van der Waals surface area contributed by atoms with Crippen LogP contribution in [0.4, 0.5) is 0 Å². The molecule has 0 atom stereocenters. The van der Waals surface area contributed by atoms with Crippen molar-refractivity contribution in [2.24, 2.45) is 0 Å². The average Bonchev–Trinajstić information content (AvgIpc) is 0.811. The molecule has 0 bridgehead atoms. The van der Waals surface area contributed by atoms with Crippen molar-refractivity contribution >= 4 is 23.1 Å². The summed E-state index contributed by atoms with van der Waals surface area (Å²) in [5, 5.41) is 0. The topological polar surface area (TPSA) is 258 Å². The molecule has 0 spiro atoms. The molecule has 0 radical (unpaired) electrons. The molecule has 0 aliphatic rings. The Balaban J connectivity index is -0.00000000214. The molecule has 0 aromatic heterocycles. The van der Waals surface area contributed by atoms with Gasteiger partial charge in [-0.05, 0) is 0 Å². The van der Waals surface area contributed by atoms with E-state index in [1.54, 1.807) is 0 Å². The van der Waals surface area contributed by atoms with Crippen LogP contribution in [0.2, 0.25) is 0 Å². The van der Waals surface area contributed by atoms with Crippen LogP contribution in [-0.2, 0) is 0 Å². The zero-order valence-electron chi connectivity index (χ0n) is 5.31. The Morgan fingerprint density at radius 3 is 0.545 bits per heavy atom. The second-order valence-electron chi connectivity index (χ2n) is 0.189. The fourth-order valence-electron chi connectivity index (χ4n) is 0. The van der Waals surface area contributed by atoms with Gasteiger partial charge >= 0.3 is 23.1 Å². The molecule has 0 unspecified atom stereocenters. The van der Waals surface area contributed by atoms with E-state index < -0.39 is 10.8 Å². The summed E-state index contributed by atoms with van der Waals surface area (Å²) in [6.45, 7) is 0. The van der Waals surface area contributed by atoms with Crippen LogP contribution in [0.15, 0.2) is 0 Å². The molecule has 11 heteroatoms.